The van der Waals surface area contributed by atoms with Crippen molar-refractivity contribution in [2.24, 2.45) is 5.41 Å². The minimum Gasteiger partial charge on any atom is -0.314 e. The lowest BCUT2D eigenvalue weighted by atomic mass is 9.81. The monoisotopic (exact) mass is 284 g/mol. The van der Waals surface area contributed by atoms with E-state index in [2.05, 4.69) is 58.7 Å². The van der Waals surface area contributed by atoms with Gasteiger partial charge in [-0.25, -0.2) is 0 Å². The molecule has 0 aromatic carbocycles. The van der Waals surface area contributed by atoms with Crippen molar-refractivity contribution in [2.75, 3.05) is 19.6 Å². The molecule has 0 saturated heterocycles. The summed E-state index contributed by atoms with van der Waals surface area (Å²) in [5.74, 6) is 0. The van der Waals surface area contributed by atoms with Crippen molar-refractivity contribution in [2.45, 2.75) is 92.7 Å². The van der Waals surface area contributed by atoms with Crippen LogP contribution in [0.15, 0.2) is 0 Å². The molecule has 0 radical (unpaired) electrons. The van der Waals surface area contributed by atoms with Crippen LogP contribution in [0.5, 0.6) is 0 Å². The summed E-state index contributed by atoms with van der Waals surface area (Å²) in [6.07, 6.45) is 6.54. The zero-order chi connectivity index (χ0) is 15.6. The normalized spacial score (nSPS) is 12.9. The summed E-state index contributed by atoms with van der Waals surface area (Å²) in [4.78, 5) is 2.70. The van der Waals surface area contributed by atoms with Crippen LogP contribution >= 0.6 is 0 Å². The largest absolute Gasteiger partial charge is 0.314 e. The van der Waals surface area contributed by atoms with Crippen molar-refractivity contribution in [1.82, 2.24) is 10.2 Å². The summed E-state index contributed by atoms with van der Waals surface area (Å²) in [5, 5.41) is 3.67. The summed E-state index contributed by atoms with van der Waals surface area (Å²) in [6, 6.07) is 1.24. The Bertz CT molecular complexity index is 219. The predicted molar refractivity (Wildman–Crippen MR) is 92.4 cm³/mol. The molecule has 122 valence electrons. The zero-order valence-corrected chi connectivity index (χ0v) is 15.3. The Balaban J connectivity index is 4.62. The highest BCUT2D eigenvalue weighted by molar-refractivity contribution is 4.84. The fourth-order valence-corrected chi connectivity index (χ4v) is 2.72. The van der Waals surface area contributed by atoms with Gasteiger partial charge in [0, 0.05) is 25.2 Å². The molecule has 2 heteroatoms. The fraction of sp³-hybridized carbons (Fsp3) is 1.00. The molecule has 0 amide bonds. The minimum absolute atomic E-state index is 0.431. The van der Waals surface area contributed by atoms with E-state index < -0.39 is 0 Å². The molecular formula is C18H40N2. The maximum absolute atomic E-state index is 3.67. The van der Waals surface area contributed by atoms with Crippen molar-refractivity contribution in [3.05, 3.63) is 0 Å². The van der Waals surface area contributed by atoms with Crippen LogP contribution in [0.1, 0.15) is 80.6 Å². The van der Waals surface area contributed by atoms with E-state index in [4.69, 9.17) is 0 Å². The van der Waals surface area contributed by atoms with E-state index >= 15 is 0 Å². The summed E-state index contributed by atoms with van der Waals surface area (Å²) >= 11 is 0. The lowest BCUT2D eigenvalue weighted by molar-refractivity contribution is 0.106. The van der Waals surface area contributed by atoms with Gasteiger partial charge < -0.3 is 10.2 Å². The van der Waals surface area contributed by atoms with Gasteiger partial charge in [-0.2, -0.15) is 0 Å². The van der Waals surface area contributed by atoms with Crippen molar-refractivity contribution in [3.63, 3.8) is 0 Å². The Labute approximate surface area is 128 Å². The van der Waals surface area contributed by atoms with Crippen LogP contribution in [-0.2, 0) is 0 Å². The molecule has 1 N–H and O–H groups in total. The Morgan fingerprint density at radius 3 is 1.95 bits per heavy atom. The van der Waals surface area contributed by atoms with Crippen LogP contribution in [0, 0.1) is 5.41 Å². The van der Waals surface area contributed by atoms with Gasteiger partial charge in [0.2, 0.25) is 0 Å². The van der Waals surface area contributed by atoms with Gasteiger partial charge in [-0.15, -0.1) is 0 Å². The Hall–Kier alpha value is -0.0800. The van der Waals surface area contributed by atoms with E-state index in [9.17, 15) is 0 Å². The molecule has 0 heterocycles. The predicted octanol–water partition coefficient (Wildman–Crippen LogP) is 4.69. The van der Waals surface area contributed by atoms with Gasteiger partial charge in [0.1, 0.15) is 0 Å². The Morgan fingerprint density at radius 2 is 1.55 bits per heavy atom. The first-order valence-electron chi connectivity index (χ1n) is 8.88. The fourth-order valence-electron chi connectivity index (χ4n) is 2.72. The highest BCUT2D eigenvalue weighted by Crippen LogP contribution is 2.28. The first-order chi connectivity index (χ1) is 9.40. The van der Waals surface area contributed by atoms with Crippen LogP contribution < -0.4 is 5.32 Å². The van der Waals surface area contributed by atoms with Crippen LogP contribution in [0.3, 0.4) is 0 Å². The summed E-state index contributed by atoms with van der Waals surface area (Å²) in [6.45, 7) is 19.8. The Morgan fingerprint density at radius 1 is 0.950 bits per heavy atom. The smallest absolute Gasteiger partial charge is 0.00526 e. The van der Waals surface area contributed by atoms with E-state index in [1.807, 2.05) is 0 Å². The maximum atomic E-state index is 3.67. The second-order valence-corrected chi connectivity index (χ2v) is 7.01. The molecule has 0 bridgehead atoms. The van der Waals surface area contributed by atoms with E-state index in [0.717, 1.165) is 6.54 Å². The number of nitrogens with zero attached hydrogens (tertiary/aromatic N) is 1. The SMILES string of the molecule is CCCCCN(CC(CC)(CC)CNC(C)C)C(C)C. The van der Waals surface area contributed by atoms with Crippen molar-refractivity contribution >= 4 is 0 Å². The van der Waals surface area contributed by atoms with Gasteiger partial charge in [0.25, 0.3) is 0 Å². The lowest BCUT2D eigenvalue weighted by Gasteiger charge is -2.40. The topological polar surface area (TPSA) is 15.3 Å². The van der Waals surface area contributed by atoms with Crippen LogP contribution in [0.2, 0.25) is 0 Å². The quantitative estimate of drug-likeness (QED) is 0.523. The average Bonchev–Trinajstić information content (AvgIpc) is 2.41. The highest BCUT2D eigenvalue weighted by Gasteiger charge is 2.29. The van der Waals surface area contributed by atoms with Gasteiger partial charge in [0.05, 0.1) is 0 Å². The van der Waals surface area contributed by atoms with Crippen molar-refractivity contribution < 1.29 is 0 Å². The molecule has 0 aromatic heterocycles. The standard InChI is InChI=1S/C18H40N2/c1-8-11-12-13-20(17(6)7)15-18(9-2,10-3)14-19-16(4)5/h16-17,19H,8-15H2,1-7H3. The molecular weight excluding hydrogens is 244 g/mol. The van der Waals surface area contributed by atoms with Gasteiger partial charge in [-0.1, -0.05) is 47.5 Å². The van der Waals surface area contributed by atoms with Gasteiger partial charge in [-0.3, -0.25) is 0 Å². The van der Waals surface area contributed by atoms with Crippen LogP contribution in [0.25, 0.3) is 0 Å². The molecule has 0 rings (SSSR count). The molecule has 0 unspecified atom stereocenters. The van der Waals surface area contributed by atoms with Crippen molar-refractivity contribution in [1.29, 1.82) is 0 Å². The number of hydrogen-bond donors (Lipinski definition) is 1. The average molecular weight is 285 g/mol. The molecule has 0 spiro atoms. The first-order valence-corrected chi connectivity index (χ1v) is 8.88. The third-order valence-electron chi connectivity index (χ3n) is 4.70. The molecule has 0 atom stereocenters. The molecule has 2 nitrogen and oxygen atoms in total. The first kappa shape index (κ1) is 19.9. The molecule has 0 aliphatic heterocycles. The van der Waals surface area contributed by atoms with Crippen molar-refractivity contribution in [3.8, 4) is 0 Å². The van der Waals surface area contributed by atoms with E-state index in [0.29, 0.717) is 17.5 Å². The molecule has 0 aromatic rings. The van der Waals surface area contributed by atoms with Crippen LogP contribution in [-0.4, -0.2) is 36.6 Å². The molecule has 0 saturated carbocycles. The lowest BCUT2D eigenvalue weighted by Crippen LogP contribution is -2.47. The number of hydrogen-bond acceptors (Lipinski definition) is 2. The van der Waals surface area contributed by atoms with E-state index in [1.165, 1.54) is 45.2 Å². The Kier molecular flexibility index (Phi) is 10.6. The van der Waals surface area contributed by atoms with Crippen LogP contribution in [0.4, 0.5) is 0 Å². The summed E-state index contributed by atoms with van der Waals surface area (Å²) in [5.41, 5.74) is 0.431. The molecule has 0 fully saturated rings. The number of rotatable bonds is 12. The number of nitrogens with one attached hydrogen (secondary N) is 1. The molecule has 20 heavy (non-hydrogen) atoms. The summed E-state index contributed by atoms with van der Waals surface area (Å²) in [7, 11) is 0. The van der Waals surface area contributed by atoms with Gasteiger partial charge >= 0.3 is 0 Å². The highest BCUT2D eigenvalue weighted by atomic mass is 15.2. The van der Waals surface area contributed by atoms with E-state index in [-0.39, 0.29) is 0 Å². The molecule has 0 aliphatic rings. The van der Waals surface area contributed by atoms with Gasteiger partial charge in [-0.05, 0) is 45.1 Å². The second kappa shape index (κ2) is 10.6. The van der Waals surface area contributed by atoms with E-state index in [1.54, 1.807) is 0 Å². The minimum atomic E-state index is 0.431. The third-order valence-corrected chi connectivity index (χ3v) is 4.70. The maximum Gasteiger partial charge on any atom is 0.00526 e. The van der Waals surface area contributed by atoms with Gasteiger partial charge in [0.15, 0.2) is 0 Å². The third kappa shape index (κ3) is 7.64. The molecule has 0 aliphatic carbocycles. The number of unbranched alkanes of at least 4 members (excludes halogenated alkanes) is 2. The second-order valence-electron chi connectivity index (χ2n) is 7.01. The summed E-state index contributed by atoms with van der Waals surface area (Å²) < 4.78 is 0. The zero-order valence-electron chi connectivity index (χ0n) is 15.3.